The van der Waals surface area contributed by atoms with Crippen molar-refractivity contribution in [1.82, 2.24) is 4.90 Å². The summed E-state index contributed by atoms with van der Waals surface area (Å²) < 4.78 is 11.6. The van der Waals surface area contributed by atoms with Crippen molar-refractivity contribution >= 4 is 0 Å². The zero-order valence-electron chi connectivity index (χ0n) is 12.0. The van der Waals surface area contributed by atoms with E-state index in [1.165, 1.54) is 0 Å². The van der Waals surface area contributed by atoms with Crippen LogP contribution in [-0.2, 0) is 9.47 Å². The van der Waals surface area contributed by atoms with Crippen LogP contribution in [0, 0.1) is 5.92 Å². The van der Waals surface area contributed by atoms with E-state index in [2.05, 4.69) is 11.9 Å². The molecular formula is C15H27NO3. The molecule has 2 heterocycles. The largest absolute Gasteiger partial charge is 0.393 e. The molecule has 0 amide bonds. The van der Waals surface area contributed by atoms with Gasteiger partial charge in [-0.2, -0.15) is 0 Å². The number of rotatable bonds is 3. The zero-order valence-corrected chi connectivity index (χ0v) is 12.0. The maximum absolute atomic E-state index is 9.39. The Hall–Kier alpha value is -0.160. The van der Waals surface area contributed by atoms with Crippen LogP contribution < -0.4 is 0 Å². The van der Waals surface area contributed by atoms with Crippen molar-refractivity contribution in [3.63, 3.8) is 0 Å². The van der Waals surface area contributed by atoms with Crippen LogP contribution in [0.3, 0.4) is 0 Å². The van der Waals surface area contributed by atoms with Gasteiger partial charge < -0.3 is 19.5 Å². The third kappa shape index (κ3) is 3.13. The number of aliphatic hydroxyl groups excluding tert-OH is 1. The number of aliphatic hydroxyl groups is 1. The minimum absolute atomic E-state index is 0.0325. The first kappa shape index (κ1) is 13.8. The molecule has 3 rings (SSSR count). The molecule has 110 valence electrons. The molecule has 19 heavy (non-hydrogen) atoms. The summed E-state index contributed by atoms with van der Waals surface area (Å²) in [4.78, 5) is 2.51. The van der Waals surface area contributed by atoms with Crippen molar-refractivity contribution in [2.24, 2.45) is 5.92 Å². The van der Waals surface area contributed by atoms with E-state index < -0.39 is 0 Å². The highest BCUT2D eigenvalue weighted by molar-refractivity contribution is 4.93. The molecule has 1 saturated carbocycles. The van der Waals surface area contributed by atoms with Crippen LogP contribution in [0.15, 0.2) is 0 Å². The van der Waals surface area contributed by atoms with Crippen LogP contribution in [0.2, 0.25) is 0 Å². The molecule has 0 bridgehead atoms. The van der Waals surface area contributed by atoms with Crippen molar-refractivity contribution in [2.75, 3.05) is 33.4 Å². The second-order valence-electron chi connectivity index (χ2n) is 6.72. The second kappa shape index (κ2) is 5.68. The van der Waals surface area contributed by atoms with Gasteiger partial charge in [0.25, 0.3) is 0 Å². The third-order valence-electron chi connectivity index (χ3n) is 5.25. The van der Waals surface area contributed by atoms with Crippen LogP contribution >= 0.6 is 0 Å². The average molecular weight is 269 g/mol. The van der Waals surface area contributed by atoms with Gasteiger partial charge in [-0.3, -0.25) is 0 Å². The lowest BCUT2D eigenvalue weighted by Gasteiger charge is -2.47. The summed E-state index contributed by atoms with van der Waals surface area (Å²) in [7, 11) is 2.24. The molecule has 1 unspecified atom stereocenters. The molecule has 1 atom stereocenters. The standard InChI is InChI=1S/C15H27NO3/c1-16(11-12-8-14(17)9-12)13-2-5-19-15(10-13)3-6-18-7-4-15/h12-14,17H,2-11H2,1H3. The van der Waals surface area contributed by atoms with Crippen molar-refractivity contribution in [3.8, 4) is 0 Å². The summed E-state index contributed by atoms with van der Waals surface area (Å²) in [6.07, 6.45) is 6.36. The normalized spacial score (nSPS) is 38.4. The van der Waals surface area contributed by atoms with Crippen LogP contribution in [0.25, 0.3) is 0 Å². The molecule has 3 fully saturated rings. The Morgan fingerprint density at radius 1 is 1.21 bits per heavy atom. The predicted molar refractivity (Wildman–Crippen MR) is 73.1 cm³/mol. The number of hydrogen-bond donors (Lipinski definition) is 1. The predicted octanol–water partition coefficient (Wildman–Crippen LogP) is 1.42. The molecular weight excluding hydrogens is 242 g/mol. The van der Waals surface area contributed by atoms with Gasteiger partial charge in [0.05, 0.1) is 11.7 Å². The van der Waals surface area contributed by atoms with E-state index in [9.17, 15) is 5.11 Å². The Balaban J connectivity index is 1.52. The molecule has 2 aliphatic heterocycles. The van der Waals surface area contributed by atoms with Crippen molar-refractivity contribution in [3.05, 3.63) is 0 Å². The molecule has 4 nitrogen and oxygen atoms in total. The molecule has 0 aromatic heterocycles. The molecule has 0 aromatic rings. The zero-order chi connectivity index (χ0) is 13.3. The quantitative estimate of drug-likeness (QED) is 0.841. The van der Waals surface area contributed by atoms with E-state index in [4.69, 9.17) is 9.47 Å². The summed E-state index contributed by atoms with van der Waals surface area (Å²) in [5.41, 5.74) is 0.0918. The van der Waals surface area contributed by atoms with E-state index >= 15 is 0 Å². The Morgan fingerprint density at radius 3 is 2.63 bits per heavy atom. The fourth-order valence-electron chi connectivity index (χ4n) is 3.88. The molecule has 1 spiro atoms. The van der Waals surface area contributed by atoms with Gasteiger partial charge in [-0.05, 0) is 51.5 Å². The molecule has 0 aromatic carbocycles. The lowest BCUT2D eigenvalue weighted by Crippen LogP contribution is -2.51. The smallest absolute Gasteiger partial charge is 0.0741 e. The molecule has 1 N–H and O–H groups in total. The molecule has 1 aliphatic carbocycles. The van der Waals surface area contributed by atoms with Crippen LogP contribution in [0.4, 0.5) is 0 Å². The highest BCUT2D eigenvalue weighted by Crippen LogP contribution is 2.36. The first-order valence-corrected chi connectivity index (χ1v) is 7.77. The first-order chi connectivity index (χ1) is 9.17. The SMILES string of the molecule is CN(CC1CC(O)C1)C1CCOC2(CCOCC2)C1. The lowest BCUT2D eigenvalue weighted by atomic mass is 9.80. The number of hydrogen-bond acceptors (Lipinski definition) is 4. The van der Waals surface area contributed by atoms with Gasteiger partial charge >= 0.3 is 0 Å². The van der Waals surface area contributed by atoms with Gasteiger partial charge in [-0.15, -0.1) is 0 Å². The topological polar surface area (TPSA) is 41.9 Å². The second-order valence-corrected chi connectivity index (χ2v) is 6.72. The van der Waals surface area contributed by atoms with Gasteiger partial charge in [0, 0.05) is 32.4 Å². The summed E-state index contributed by atoms with van der Waals surface area (Å²) in [6, 6.07) is 0.643. The molecule has 2 saturated heterocycles. The van der Waals surface area contributed by atoms with E-state index in [-0.39, 0.29) is 11.7 Å². The van der Waals surface area contributed by atoms with Crippen LogP contribution in [0.5, 0.6) is 0 Å². The van der Waals surface area contributed by atoms with Crippen molar-refractivity contribution in [1.29, 1.82) is 0 Å². The Morgan fingerprint density at radius 2 is 1.95 bits per heavy atom. The summed E-state index contributed by atoms with van der Waals surface area (Å²) in [5.74, 6) is 0.702. The fraction of sp³-hybridized carbons (Fsp3) is 1.00. The maximum atomic E-state index is 9.39. The van der Waals surface area contributed by atoms with Crippen molar-refractivity contribution < 1.29 is 14.6 Å². The minimum Gasteiger partial charge on any atom is -0.393 e. The Kier molecular flexibility index (Phi) is 4.13. The van der Waals surface area contributed by atoms with Crippen molar-refractivity contribution in [2.45, 2.75) is 56.3 Å². The molecule has 0 radical (unpaired) electrons. The highest BCUT2D eigenvalue weighted by Gasteiger charge is 2.40. The first-order valence-electron chi connectivity index (χ1n) is 7.77. The average Bonchev–Trinajstić information content (AvgIpc) is 2.38. The number of nitrogens with zero attached hydrogens (tertiary/aromatic N) is 1. The maximum Gasteiger partial charge on any atom is 0.0741 e. The summed E-state index contributed by atoms with van der Waals surface area (Å²) in [5, 5.41) is 9.39. The fourth-order valence-corrected chi connectivity index (χ4v) is 3.88. The number of ether oxygens (including phenoxy) is 2. The summed E-state index contributed by atoms with van der Waals surface area (Å²) in [6.45, 7) is 3.73. The van der Waals surface area contributed by atoms with Crippen LogP contribution in [0.1, 0.15) is 38.5 Å². The van der Waals surface area contributed by atoms with E-state index in [1.54, 1.807) is 0 Å². The van der Waals surface area contributed by atoms with Gasteiger partial charge in [-0.25, -0.2) is 0 Å². The van der Waals surface area contributed by atoms with Gasteiger partial charge in [0.1, 0.15) is 0 Å². The van der Waals surface area contributed by atoms with E-state index in [1.807, 2.05) is 0 Å². The molecule has 3 aliphatic rings. The monoisotopic (exact) mass is 269 g/mol. The minimum atomic E-state index is -0.0325. The Bertz CT molecular complexity index is 292. The van der Waals surface area contributed by atoms with Crippen LogP contribution in [-0.4, -0.2) is 61.2 Å². The third-order valence-corrected chi connectivity index (χ3v) is 5.25. The van der Waals surface area contributed by atoms with Gasteiger partial charge in [0.2, 0.25) is 0 Å². The van der Waals surface area contributed by atoms with E-state index in [0.29, 0.717) is 12.0 Å². The van der Waals surface area contributed by atoms with E-state index in [0.717, 1.165) is 64.9 Å². The Labute approximate surface area is 116 Å². The summed E-state index contributed by atoms with van der Waals surface area (Å²) >= 11 is 0. The van der Waals surface area contributed by atoms with Gasteiger partial charge in [-0.1, -0.05) is 0 Å². The lowest BCUT2D eigenvalue weighted by molar-refractivity contribution is -0.151. The molecule has 4 heteroatoms. The van der Waals surface area contributed by atoms with Gasteiger partial charge in [0.15, 0.2) is 0 Å². The highest BCUT2D eigenvalue weighted by atomic mass is 16.5.